The molecule has 1 aliphatic carbocycles. The molecule has 32 heavy (non-hydrogen) atoms. The number of aromatic nitrogens is 2. The summed E-state index contributed by atoms with van der Waals surface area (Å²) < 4.78 is 8.01. The molecule has 4 heterocycles. The number of hydrogen-bond donors (Lipinski definition) is 0. The van der Waals surface area contributed by atoms with Crippen molar-refractivity contribution in [3.63, 3.8) is 0 Å². The van der Waals surface area contributed by atoms with Crippen LogP contribution in [0.4, 0.5) is 0 Å². The minimum Gasteiger partial charge on any atom is -0.373 e. The van der Waals surface area contributed by atoms with Crippen LogP contribution in [0.5, 0.6) is 0 Å². The van der Waals surface area contributed by atoms with E-state index < -0.39 is 0 Å². The number of pyridine rings is 1. The maximum atomic E-state index is 13.6. The zero-order chi connectivity index (χ0) is 22.1. The molecule has 3 aliphatic rings. The highest BCUT2D eigenvalue weighted by Gasteiger charge is 2.31. The van der Waals surface area contributed by atoms with Crippen molar-refractivity contribution >= 4 is 11.6 Å². The van der Waals surface area contributed by atoms with E-state index in [-0.39, 0.29) is 18.1 Å². The monoisotopic (exact) mass is 439 g/mol. The number of morpholine rings is 1. The summed E-state index contributed by atoms with van der Waals surface area (Å²) in [5.74, 6) is 0.0846. The minimum absolute atomic E-state index is 0.0846. The highest BCUT2D eigenvalue weighted by atomic mass is 16.5. The van der Waals surface area contributed by atoms with Gasteiger partial charge in [-0.05, 0) is 38.8 Å². The summed E-state index contributed by atoms with van der Waals surface area (Å²) in [5, 5.41) is 0. The lowest BCUT2D eigenvalue weighted by Crippen LogP contribution is -2.52. The molecule has 7 nitrogen and oxygen atoms in total. The van der Waals surface area contributed by atoms with Crippen LogP contribution in [0.2, 0.25) is 0 Å². The normalized spacial score (nSPS) is 26.6. The van der Waals surface area contributed by atoms with E-state index in [9.17, 15) is 4.79 Å². The molecular formula is C25H37N5O2. The predicted molar refractivity (Wildman–Crippen MR) is 125 cm³/mol. The lowest BCUT2D eigenvalue weighted by Gasteiger charge is -2.40. The second kappa shape index (κ2) is 9.49. The quantitative estimate of drug-likeness (QED) is 0.733. The van der Waals surface area contributed by atoms with Crippen LogP contribution in [0.3, 0.4) is 0 Å². The molecule has 0 N–H and O–H groups in total. The Kier molecular flexibility index (Phi) is 6.49. The largest absolute Gasteiger partial charge is 0.373 e. The zero-order valence-corrected chi connectivity index (χ0v) is 19.6. The van der Waals surface area contributed by atoms with Crippen LogP contribution in [-0.4, -0.2) is 87.5 Å². The van der Waals surface area contributed by atoms with Crippen molar-refractivity contribution in [1.82, 2.24) is 24.1 Å². The van der Waals surface area contributed by atoms with E-state index in [0.717, 1.165) is 56.7 Å². The van der Waals surface area contributed by atoms with Crippen molar-refractivity contribution in [2.24, 2.45) is 0 Å². The first-order valence-corrected chi connectivity index (χ1v) is 12.5. The number of fused-ring (bicyclic) bond motifs is 1. The molecule has 174 valence electrons. The van der Waals surface area contributed by atoms with Gasteiger partial charge in [-0.1, -0.05) is 25.3 Å². The van der Waals surface area contributed by atoms with Crippen LogP contribution in [-0.2, 0) is 11.3 Å². The average Bonchev–Trinajstić information content (AvgIpc) is 3.17. The summed E-state index contributed by atoms with van der Waals surface area (Å²) in [6, 6.07) is 6.71. The first-order valence-electron chi connectivity index (χ1n) is 12.5. The molecule has 1 saturated carbocycles. The number of rotatable bonds is 4. The van der Waals surface area contributed by atoms with E-state index >= 15 is 0 Å². The van der Waals surface area contributed by atoms with Crippen LogP contribution >= 0.6 is 0 Å². The number of amides is 1. The van der Waals surface area contributed by atoms with E-state index in [4.69, 9.17) is 9.72 Å². The molecule has 2 aliphatic heterocycles. The van der Waals surface area contributed by atoms with Gasteiger partial charge in [0.05, 0.1) is 17.9 Å². The van der Waals surface area contributed by atoms with E-state index in [1.54, 1.807) is 0 Å². The number of hydrogen-bond acceptors (Lipinski definition) is 5. The molecule has 2 aromatic rings. The lowest BCUT2D eigenvalue weighted by atomic mass is 9.94. The van der Waals surface area contributed by atoms with E-state index in [0.29, 0.717) is 12.2 Å². The minimum atomic E-state index is 0.0846. The maximum absolute atomic E-state index is 13.6. The van der Waals surface area contributed by atoms with Gasteiger partial charge in [-0.2, -0.15) is 0 Å². The van der Waals surface area contributed by atoms with Crippen LogP contribution in [0, 0.1) is 0 Å². The fraction of sp³-hybridized carbons (Fsp3) is 0.680. The summed E-state index contributed by atoms with van der Waals surface area (Å²) in [7, 11) is 0. The molecule has 3 fully saturated rings. The number of imidazole rings is 1. The maximum Gasteiger partial charge on any atom is 0.274 e. The Labute approximate surface area is 191 Å². The Morgan fingerprint density at radius 3 is 2.47 bits per heavy atom. The van der Waals surface area contributed by atoms with Gasteiger partial charge < -0.3 is 14.0 Å². The number of piperazine rings is 1. The second-order valence-corrected chi connectivity index (χ2v) is 9.91. The van der Waals surface area contributed by atoms with Gasteiger partial charge >= 0.3 is 0 Å². The lowest BCUT2D eigenvalue weighted by molar-refractivity contribution is -0.0708. The third-order valence-corrected chi connectivity index (χ3v) is 7.39. The Bertz CT molecular complexity index is 920. The predicted octanol–water partition coefficient (Wildman–Crippen LogP) is 3.03. The second-order valence-electron chi connectivity index (χ2n) is 9.91. The number of ether oxygens (including phenoxy) is 1. The molecule has 0 unspecified atom stereocenters. The van der Waals surface area contributed by atoms with Crippen molar-refractivity contribution < 1.29 is 9.53 Å². The van der Waals surface area contributed by atoms with Crippen molar-refractivity contribution in [3.8, 4) is 0 Å². The van der Waals surface area contributed by atoms with Crippen molar-refractivity contribution in [2.45, 2.75) is 70.7 Å². The van der Waals surface area contributed by atoms with Gasteiger partial charge in [-0.3, -0.25) is 14.6 Å². The van der Waals surface area contributed by atoms with Crippen LogP contribution < -0.4 is 0 Å². The fourth-order valence-corrected chi connectivity index (χ4v) is 5.88. The SMILES string of the molecule is C[C@@H]1CN(Cc2c(C(=O)N3CCN(C4CCCCC4)CC3)nc3ccccn23)C[C@H](C)O1. The molecule has 0 radical (unpaired) electrons. The summed E-state index contributed by atoms with van der Waals surface area (Å²) >= 11 is 0. The van der Waals surface area contributed by atoms with Gasteiger partial charge in [0.2, 0.25) is 0 Å². The van der Waals surface area contributed by atoms with Gasteiger partial charge in [-0.15, -0.1) is 0 Å². The summed E-state index contributed by atoms with van der Waals surface area (Å²) in [6.07, 6.45) is 9.16. The first kappa shape index (κ1) is 21.9. The summed E-state index contributed by atoms with van der Waals surface area (Å²) in [5.41, 5.74) is 2.47. The van der Waals surface area contributed by atoms with Crippen molar-refractivity contribution in [2.75, 3.05) is 39.3 Å². The molecule has 2 saturated heterocycles. The van der Waals surface area contributed by atoms with Crippen molar-refractivity contribution in [3.05, 3.63) is 35.8 Å². The summed E-state index contributed by atoms with van der Waals surface area (Å²) in [4.78, 5) is 25.5. The third kappa shape index (κ3) is 4.56. The molecule has 0 spiro atoms. The molecule has 0 bridgehead atoms. The van der Waals surface area contributed by atoms with Crippen LogP contribution in [0.25, 0.3) is 5.65 Å². The molecule has 7 heteroatoms. The van der Waals surface area contributed by atoms with E-state index in [1.165, 1.54) is 32.1 Å². The number of carbonyl (C=O) groups excluding carboxylic acids is 1. The smallest absolute Gasteiger partial charge is 0.274 e. The molecule has 1 amide bonds. The molecule has 0 aromatic carbocycles. The molecular weight excluding hydrogens is 402 g/mol. The Morgan fingerprint density at radius 2 is 1.75 bits per heavy atom. The fourth-order valence-electron chi connectivity index (χ4n) is 5.88. The van der Waals surface area contributed by atoms with Gasteiger partial charge in [0.15, 0.2) is 5.69 Å². The number of carbonyl (C=O) groups is 1. The molecule has 5 rings (SSSR count). The molecule has 2 atom stereocenters. The van der Waals surface area contributed by atoms with Crippen LogP contribution in [0.1, 0.15) is 62.1 Å². The van der Waals surface area contributed by atoms with Gasteiger partial charge in [0, 0.05) is 58.1 Å². The topological polar surface area (TPSA) is 53.3 Å². The highest BCUT2D eigenvalue weighted by molar-refractivity contribution is 5.94. The highest BCUT2D eigenvalue weighted by Crippen LogP contribution is 2.25. The first-order chi connectivity index (χ1) is 15.6. The Hall–Kier alpha value is -1.96. The standard InChI is InChI=1S/C25H37N5O2/c1-19-16-27(17-20(2)32-19)18-22-24(26-23-10-6-7-11-30(22)23)25(31)29-14-12-28(13-15-29)21-8-4-3-5-9-21/h6-7,10-11,19-21H,3-5,8-9,12-18H2,1-2H3/t19-,20+. The average molecular weight is 440 g/mol. The van der Waals surface area contributed by atoms with Gasteiger partial charge in [0.1, 0.15) is 5.65 Å². The Morgan fingerprint density at radius 1 is 1.03 bits per heavy atom. The van der Waals surface area contributed by atoms with Gasteiger partial charge in [0.25, 0.3) is 5.91 Å². The van der Waals surface area contributed by atoms with E-state index in [1.807, 2.05) is 29.3 Å². The number of nitrogens with zero attached hydrogens (tertiary/aromatic N) is 5. The third-order valence-electron chi connectivity index (χ3n) is 7.39. The summed E-state index contributed by atoms with van der Waals surface area (Å²) in [6.45, 7) is 10.3. The van der Waals surface area contributed by atoms with Crippen molar-refractivity contribution in [1.29, 1.82) is 0 Å². The van der Waals surface area contributed by atoms with E-state index in [2.05, 4.69) is 28.0 Å². The Balaban J connectivity index is 1.33. The van der Waals surface area contributed by atoms with Gasteiger partial charge in [-0.25, -0.2) is 4.98 Å². The van der Waals surface area contributed by atoms with Crippen LogP contribution in [0.15, 0.2) is 24.4 Å². The molecule has 2 aromatic heterocycles. The zero-order valence-electron chi connectivity index (χ0n) is 19.6.